The zero-order valence-corrected chi connectivity index (χ0v) is 90.2. The van der Waals surface area contributed by atoms with Gasteiger partial charge in [0.25, 0.3) is 0 Å². The van der Waals surface area contributed by atoms with Crippen LogP contribution in [0.1, 0.15) is 191 Å². The van der Waals surface area contributed by atoms with E-state index >= 15 is 0 Å². The van der Waals surface area contributed by atoms with Gasteiger partial charge in [-0.25, -0.2) is 88.6 Å². The van der Waals surface area contributed by atoms with E-state index in [1.807, 2.05) is 162 Å². The van der Waals surface area contributed by atoms with Gasteiger partial charge in [-0.15, -0.1) is 0 Å². The van der Waals surface area contributed by atoms with E-state index < -0.39 is 16.8 Å². The van der Waals surface area contributed by atoms with Crippen LogP contribution in [0.4, 0.5) is 75.0 Å². The smallest absolute Gasteiger partial charge is 0.410 e. The molecule has 43 heteroatoms. The number of nitrogens with zero attached hydrogens (tertiary/aromatic N) is 20. The number of nitrogens with one attached hydrogen (secondary N) is 7. The lowest BCUT2D eigenvalue weighted by Gasteiger charge is -2.36. The van der Waals surface area contributed by atoms with Crippen LogP contribution in [0.25, 0.3) is 34.2 Å². The van der Waals surface area contributed by atoms with Gasteiger partial charge in [-0.2, -0.15) is 0 Å². The minimum Gasteiger partial charge on any atom is -0.444 e. The van der Waals surface area contributed by atoms with Gasteiger partial charge in [-0.3, -0.25) is 0 Å². The molecule has 0 saturated carbocycles. The maximum Gasteiger partial charge on any atom is 0.410 e. The van der Waals surface area contributed by atoms with Gasteiger partial charge in [0.1, 0.15) is 45.2 Å². The number of carbonyl (C=O) groups is 6. The van der Waals surface area contributed by atoms with E-state index in [4.69, 9.17) is 97.9 Å². The molecule has 40 nitrogen and oxygen atoms in total. The monoisotopic (exact) mass is 2090 g/mol. The largest absolute Gasteiger partial charge is 0.444 e. The Hall–Kier alpha value is -12.6. The zero-order valence-electron chi connectivity index (χ0n) is 87.9. The van der Waals surface area contributed by atoms with E-state index in [0.29, 0.717) is 137 Å². The number of ether oxygens (including phenoxy) is 7. The highest BCUT2D eigenvalue weighted by molar-refractivity contribution is 6.32. The number of halogens is 3. The molecule has 7 N–H and O–H groups in total. The Kier molecular flexibility index (Phi) is 38.7. The first-order chi connectivity index (χ1) is 71.0. The molecule has 6 aromatic heterocycles. The number of aromatic nitrogens is 12. The van der Waals surface area contributed by atoms with Crippen molar-refractivity contribution in [3.63, 3.8) is 0 Å². The van der Waals surface area contributed by atoms with Crippen molar-refractivity contribution in [3.8, 4) is 34.2 Å². The number of anilines is 8. The van der Waals surface area contributed by atoms with Crippen molar-refractivity contribution >= 4 is 117 Å². The van der Waals surface area contributed by atoms with Crippen molar-refractivity contribution in [3.05, 3.63) is 163 Å². The van der Waals surface area contributed by atoms with Crippen LogP contribution in [0.5, 0.6) is 0 Å². The Morgan fingerprint density at radius 1 is 0.351 bits per heavy atom. The number of hydrogen-bond donors (Lipinski definition) is 7. The van der Waals surface area contributed by atoms with Crippen molar-refractivity contribution < 1.29 is 61.9 Å². The van der Waals surface area contributed by atoms with Gasteiger partial charge in [0, 0.05) is 207 Å². The van der Waals surface area contributed by atoms with Crippen LogP contribution in [-0.2, 0) is 98.0 Å². The first kappa shape index (κ1) is 111. The second-order valence-electron chi connectivity index (χ2n) is 40.3. The Bertz CT molecular complexity index is 6000. The quantitative estimate of drug-likeness (QED) is 0.0238. The molecule has 0 atom stereocenters. The average Bonchev–Trinajstić information content (AvgIpc) is 0.764. The van der Waals surface area contributed by atoms with Crippen LogP contribution < -0.4 is 61.7 Å². The molecular weight excluding hydrogens is 1950 g/mol. The summed E-state index contributed by atoms with van der Waals surface area (Å²) in [7, 11) is 7.10. The summed E-state index contributed by atoms with van der Waals surface area (Å²) in [4.78, 5) is 145. The summed E-state index contributed by atoms with van der Waals surface area (Å²) < 4.78 is 38.6. The van der Waals surface area contributed by atoms with E-state index in [0.717, 1.165) is 233 Å². The first-order valence-corrected chi connectivity index (χ1v) is 52.3. The third kappa shape index (κ3) is 30.6. The number of hydrogen-bond acceptors (Lipinski definition) is 31. The molecule has 4 fully saturated rings. The molecule has 18 rings (SSSR count). The molecule has 0 unspecified atom stereocenters. The van der Waals surface area contributed by atoms with Gasteiger partial charge in [-0.1, -0.05) is 11.6 Å². The molecule has 9 aliphatic rings. The lowest BCUT2D eigenvalue weighted by atomic mass is 10.0. The van der Waals surface area contributed by atoms with Crippen molar-refractivity contribution in [2.75, 3.05) is 174 Å². The SMILES string of the molecule is CC(C)(C)OC(=O)N1CCc2c(Cl)nc(Cl)nc2C1.CCNC(=O)Nc1ccc(-c2nc3c(c(N4CCC(OC)CC4)n2)CCN(C(=O)OC(C)(C)C)C3)cc1.CCNC(=O)Nc1ccc(-c2nc3c(c(N4CCC(OC)CC4)n2)CCN(c2ncccn2)C3)cc1.CCNC(=O)Nc1ccc(-c2nc3c(c(N4CCC(OC)CC4)n2)CCNC3)cc1.COC1CCN(c2nc(Cl)nc3c2CCN(C(=O)OC(C)(C)C)C3)CC1. The fourth-order valence-corrected chi connectivity index (χ4v) is 19.4. The van der Waals surface area contributed by atoms with Crippen LogP contribution in [0.15, 0.2) is 91.3 Å². The van der Waals surface area contributed by atoms with Crippen LogP contribution in [0.2, 0.25) is 15.7 Å². The summed E-state index contributed by atoms with van der Waals surface area (Å²) in [6, 6.07) is 24.0. The molecule has 4 saturated heterocycles. The number of fused-ring (bicyclic) bond motifs is 5. The molecule has 0 spiro atoms. The van der Waals surface area contributed by atoms with Crippen LogP contribution >= 0.6 is 34.8 Å². The van der Waals surface area contributed by atoms with Crippen molar-refractivity contribution in [2.45, 2.75) is 240 Å². The van der Waals surface area contributed by atoms with E-state index in [1.54, 1.807) is 55.5 Å². The average molecular weight is 2100 g/mol. The van der Waals surface area contributed by atoms with Gasteiger partial charge >= 0.3 is 36.4 Å². The molecule has 9 aromatic rings. The molecule has 148 heavy (non-hydrogen) atoms. The number of rotatable bonds is 18. The molecule has 9 amide bonds. The normalized spacial score (nSPS) is 16.6. The highest BCUT2D eigenvalue weighted by atomic mass is 35.5. The minimum absolute atomic E-state index is 0.0924. The number of piperidine rings is 4. The van der Waals surface area contributed by atoms with E-state index in [-0.39, 0.29) is 53.0 Å². The predicted molar refractivity (Wildman–Crippen MR) is 572 cm³/mol. The van der Waals surface area contributed by atoms with Crippen LogP contribution in [0.3, 0.4) is 0 Å². The number of benzene rings is 3. The molecular formula is C105H142Cl3N27O13. The van der Waals surface area contributed by atoms with Gasteiger partial charge in [-0.05, 0) is 275 Å². The Labute approximate surface area is 881 Å². The molecule has 9 aliphatic heterocycles. The summed E-state index contributed by atoms with van der Waals surface area (Å²) in [5.41, 5.74) is 13.2. The third-order valence-corrected chi connectivity index (χ3v) is 27.0. The van der Waals surface area contributed by atoms with Gasteiger partial charge < -0.3 is 110 Å². The minimum atomic E-state index is -0.561. The second kappa shape index (κ2) is 51.6. The zero-order chi connectivity index (χ0) is 106. The summed E-state index contributed by atoms with van der Waals surface area (Å²) >= 11 is 18.0. The fourth-order valence-electron chi connectivity index (χ4n) is 18.7. The molecule has 3 aromatic carbocycles. The van der Waals surface area contributed by atoms with Crippen LogP contribution in [-0.4, -0.2) is 285 Å². The third-order valence-electron chi connectivity index (χ3n) is 26.3. The molecule has 0 radical (unpaired) electrons. The summed E-state index contributed by atoms with van der Waals surface area (Å²) in [5.74, 6) is 6.63. The lowest BCUT2D eigenvalue weighted by molar-refractivity contribution is 0.0210. The molecule has 0 bridgehead atoms. The van der Waals surface area contributed by atoms with Crippen molar-refractivity contribution in [1.29, 1.82) is 0 Å². The maximum atomic E-state index is 12.8. The topological polar surface area (TPSA) is 432 Å². The Morgan fingerprint density at radius 3 is 0.986 bits per heavy atom. The highest BCUT2D eigenvalue weighted by Crippen LogP contribution is 2.39. The van der Waals surface area contributed by atoms with E-state index in [9.17, 15) is 28.8 Å². The van der Waals surface area contributed by atoms with E-state index in [2.05, 4.69) is 91.6 Å². The molecule has 15 heterocycles. The Balaban J connectivity index is 0.000000148. The highest BCUT2D eigenvalue weighted by Gasteiger charge is 2.38. The van der Waals surface area contributed by atoms with Crippen molar-refractivity contribution in [1.82, 2.24) is 95.8 Å². The molecule has 0 aliphatic carbocycles. The molecule has 796 valence electrons. The number of urea groups is 3. The lowest BCUT2D eigenvalue weighted by Crippen LogP contribution is -2.42. The summed E-state index contributed by atoms with van der Waals surface area (Å²) in [5, 5.41) is 20.8. The van der Waals surface area contributed by atoms with Crippen LogP contribution in [0, 0.1) is 0 Å². The maximum absolute atomic E-state index is 12.8. The van der Waals surface area contributed by atoms with Gasteiger partial charge in [0.2, 0.25) is 16.5 Å². The van der Waals surface area contributed by atoms with Gasteiger partial charge in [0.15, 0.2) is 17.5 Å². The second-order valence-corrected chi connectivity index (χ2v) is 41.3. The predicted octanol–water partition coefficient (Wildman–Crippen LogP) is 16.1. The standard InChI is InChI=1S/C27H38N6O4.C26H32N8O2.C22H30N6O2.C18H27ClN4O3.C12H15Cl2N3O2/c1-6-28-25(34)29-19-9-7-18(8-10-19)23-30-22-17-33(26(35)37-27(2,3)4)16-13-21(22)24(31-23)32-14-11-20(36-5)12-15-32;1-3-27-26(35)30-19-7-5-18(6-8-19)23-31-22-17-34(25-28-12-4-13-29-25)16-11-21(22)24(32-23)33-14-9-20(36-2)10-15-33;1-3-24-22(29)25-16-6-4-15(5-7-16)20-26-19-14-23-11-8-18(19)21(27-20)28-12-9-17(30-2)10-13-28;1-18(2,3)26-17(24)23-10-7-13-14(11-23)20-16(19)21-15(13)22-8-5-12(25-4)6-9-22;1-12(2,3)19-11(18)17-5-4-7-8(6-17)15-10(14)16-9(7)13/h7-10,20H,6,11-17H2,1-5H3,(H2,28,29,34);4-8,12-13,20H,3,9-11,14-17H2,1-2H3,(H2,27,30,35);4-7,17,23H,3,8-14H2,1-2H3,(H2,24,25,29);12H,5-11H2,1-4H3;4-6H2,1-3H3. The summed E-state index contributed by atoms with van der Waals surface area (Å²) in [6.45, 7) is 37.2. The number of methoxy groups -OCH3 is 4. The first-order valence-electron chi connectivity index (χ1n) is 51.2. The number of carbonyl (C=O) groups excluding carboxylic acids is 6. The number of amides is 9. The van der Waals surface area contributed by atoms with Gasteiger partial charge in [0.05, 0.1) is 79.1 Å². The Morgan fingerprint density at radius 2 is 0.649 bits per heavy atom. The summed E-state index contributed by atoms with van der Waals surface area (Å²) in [6.07, 6.45) is 15.3. The van der Waals surface area contributed by atoms with E-state index in [1.165, 1.54) is 11.1 Å². The fraction of sp³-hybridized carbons (Fsp3) is 0.543. The van der Waals surface area contributed by atoms with Crippen molar-refractivity contribution in [2.24, 2.45) is 0 Å².